The second-order valence-corrected chi connectivity index (χ2v) is 9.83. The van der Waals surface area contributed by atoms with Gasteiger partial charge in [0.2, 0.25) is 16.0 Å². The van der Waals surface area contributed by atoms with Crippen molar-refractivity contribution in [1.29, 1.82) is 0 Å². The minimum Gasteiger partial charge on any atom is -0.491 e. The Balaban J connectivity index is 1.53. The molecule has 2 heterocycles. The van der Waals surface area contributed by atoms with Gasteiger partial charge in [0.15, 0.2) is 5.75 Å². The summed E-state index contributed by atoms with van der Waals surface area (Å²) < 4.78 is 38.6. The molecule has 0 saturated heterocycles. The summed E-state index contributed by atoms with van der Waals surface area (Å²) in [6.07, 6.45) is 11.0. The molecule has 0 bridgehead atoms. The normalized spacial score (nSPS) is 11.3. The van der Waals surface area contributed by atoms with Crippen LogP contribution in [0.25, 0.3) is 16.6 Å². The van der Waals surface area contributed by atoms with E-state index < -0.39 is 10.0 Å². The Bertz CT molecular complexity index is 1510. The van der Waals surface area contributed by atoms with Gasteiger partial charge in [0.1, 0.15) is 12.4 Å². The topological polar surface area (TPSA) is 95.3 Å². The molecule has 0 aliphatic rings. The second-order valence-electron chi connectivity index (χ2n) is 7.71. The first kappa shape index (κ1) is 24.4. The number of anilines is 1. The van der Waals surface area contributed by atoms with Gasteiger partial charge >= 0.3 is 0 Å². The largest absolute Gasteiger partial charge is 0.491 e. The summed E-state index contributed by atoms with van der Waals surface area (Å²) in [7, 11) is -3.46. The molecular weight excluding hydrogens is 488 g/mol. The van der Waals surface area contributed by atoms with Crippen molar-refractivity contribution in [2.75, 3.05) is 17.6 Å². The number of ether oxygens (including phenoxy) is 2. The van der Waals surface area contributed by atoms with E-state index in [1.807, 2.05) is 54.1 Å². The average Bonchev–Trinajstić information content (AvgIpc) is 3.26. The summed E-state index contributed by atoms with van der Waals surface area (Å²) in [5.74, 6) is 3.83. The van der Waals surface area contributed by atoms with Crippen molar-refractivity contribution in [2.24, 2.45) is 0 Å². The highest BCUT2D eigenvalue weighted by Crippen LogP contribution is 2.38. The number of nitrogens with zero attached hydrogens (tertiary/aromatic N) is 3. The maximum absolute atomic E-state index is 11.4. The summed E-state index contributed by atoms with van der Waals surface area (Å²) >= 11 is 6.63. The maximum atomic E-state index is 11.4. The summed E-state index contributed by atoms with van der Waals surface area (Å²) in [4.78, 5) is 8.04. The van der Waals surface area contributed by atoms with Gasteiger partial charge in [0.25, 0.3) is 0 Å². The van der Waals surface area contributed by atoms with Crippen LogP contribution < -0.4 is 14.2 Å². The Hall–Kier alpha value is -3.74. The van der Waals surface area contributed by atoms with Crippen LogP contribution in [0.1, 0.15) is 24.6 Å². The number of rotatable bonds is 9. The van der Waals surface area contributed by atoms with Gasteiger partial charge in [-0.3, -0.25) is 4.72 Å². The van der Waals surface area contributed by atoms with Gasteiger partial charge in [-0.2, -0.15) is 0 Å². The molecule has 10 heteroatoms. The average molecular weight is 511 g/mol. The molecule has 1 N–H and O–H groups in total. The Kier molecular flexibility index (Phi) is 7.15. The van der Waals surface area contributed by atoms with Crippen molar-refractivity contribution in [3.63, 3.8) is 0 Å². The van der Waals surface area contributed by atoms with Crippen LogP contribution in [0.4, 0.5) is 5.95 Å². The summed E-state index contributed by atoms with van der Waals surface area (Å²) in [6, 6.07) is 13.0. The highest BCUT2D eigenvalue weighted by Gasteiger charge is 2.16. The van der Waals surface area contributed by atoms with Gasteiger partial charge in [0.05, 0.1) is 34.7 Å². The van der Waals surface area contributed by atoms with Gasteiger partial charge < -0.3 is 14.0 Å². The Morgan fingerprint density at radius 2 is 1.94 bits per heavy atom. The van der Waals surface area contributed by atoms with Crippen LogP contribution in [-0.2, 0) is 16.6 Å². The van der Waals surface area contributed by atoms with E-state index in [0.717, 1.165) is 29.3 Å². The first-order valence-corrected chi connectivity index (χ1v) is 13.0. The monoisotopic (exact) mass is 510 g/mol. The number of fused-ring (bicyclic) bond motifs is 1. The fourth-order valence-corrected chi connectivity index (χ4v) is 4.20. The third-order valence-electron chi connectivity index (χ3n) is 4.98. The third-order valence-corrected chi connectivity index (χ3v) is 5.91. The van der Waals surface area contributed by atoms with Gasteiger partial charge in [-0.15, -0.1) is 6.42 Å². The second kappa shape index (κ2) is 10.3. The minimum atomic E-state index is -3.46. The number of sulfonamides is 1. The molecule has 0 radical (unpaired) electrons. The molecule has 0 fully saturated rings. The molecule has 8 nitrogen and oxygen atoms in total. The van der Waals surface area contributed by atoms with E-state index in [2.05, 4.69) is 20.6 Å². The van der Waals surface area contributed by atoms with Crippen molar-refractivity contribution in [3.05, 3.63) is 71.1 Å². The first-order chi connectivity index (χ1) is 16.8. The van der Waals surface area contributed by atoms with Crippen molar-refractivity contribution < 1.29 is 17.9 Å². The lowest BCUT2D eigenvalue weighted by Crippen LogP contribution is -2.13. The number of nitrogens with one attached hydrogen (secondary N) is 1. The molecule has 2 aromatic heterocycles. The number of terminal acetylenes is 1. The molecule has 0 saturated carbocycles. The zero-order valence-electron chi connectivity index (χ0n) is 19.2. The van der Waals surface area contributed by atoms with E-state index in [9.17, 15) is 8.42 Å². The summed E-state index contributed by atoms with van der Waals surface area (Å²) in [6.45, 7) is 2.70. The molecule has 0 amide bonds. The van der Waals surface area contributed by atoms with Crippen LogP contribution in [0.15, 0.2) is 54.9 Å². The smallest absolute Gasteiger partial charge is 0.236 e. The molecule has 4 rings (SSSR count). The zero-order chi connectivity index (χ0) is 25.0. The predicted molar refractivity (Wildman–Crippen MR) is 137 cm³/mol. The Morgan fingerprint density at radius 1 is 1.17 bits per heavy atom. The number of benzene rings is 2. The molecular formula is C25H23ClN4O4S. The van der Waals surface area contributed by atoms with Gasteiger partial charge in [-0.25, -0.2) is 18.4 Å². The predicted octanol–water partition coefficient (Wildman–Crippen LogP) is 4.79. The van der Waals surface area contributed by atoms with E-state index in [1.165, 1.54) is 6.20 Å². The Morgan fingerprint density at radius 3 is 2.63 bits per heavy atom. The van der Waals surface area contributed by atoms with Crippen LogP contribution in [0, 0.1) is 12.3 Å². The SMILES string of the molecule is C#Cc1cc2c(ccn2-c2ccc(OCc3ccnc(NS(C)(=O)=O)n3)cc2)c(Cl)c1OCCC. The zero-order valence-corrected chi connectivity index (χ0v) is 20.7. The first-order valence-electron chi connectivity index (χ1n) is 10.7. The van der Waals surface area contributed by atoms with Gasteiger partial charge in [-0.1, -0.05) is 24.4 Å². The van der Waals surface area contributed by atoms with E-state index in [1.54, 1.807) is 6.07 Å². The minimum absolute atomic E-state index is 0.00307. The van der Waals surface area contributed by atoms with Crippen LogP contribution in [0.3, 0.4) is 0 Å². The standard InChI is InChI=1S/C25H23ClN4O4S/c1-4-14-33-24-17(5-2)15-22-21(23(24)26)11-13-30(22)19-6-8-20(9-7-19)34-16-18-10-12-27-25(28-18)29-35(3,31)32/h2,6-13,15H,4,14,16H2,1,3H3,(H,27,28,29). The molecule has 0 aliphatic heterocycles. The quantitative estimate of drug-likeness (QED) is 0.325. The van der Waals surface area contributed by atoms with E-state index in [-0.39, 0.29) is 12.6 Å². The molecule has 2 aromatic carbocycles. The van der Waals surface area contributed by atoms with Crippen molar-refractivity contribution in [2.45, 2.75) is 20.0 Å². The Labute approximate surface area is 208 Å². The van der Waals surface area contributed by atoms with Crippen molar-refractivity contribution in [1.82, 2.24) is 14.5 Å². The summed E-state index contributed by atoms with van der Waals surface area (Å²) in [5.41, 5.74) is 2.90. The lowest BCUT2D eigenvalue weighted by atomic mass is 10.1. The molecule has 0 spiro atoms. The van der Waals surface area contributed by atoms with Crippen LogP contribution in [-0.4, -0.2) is 35.8 Å². The van der Waals surface area contributed by atoms with E-state index in [0.29, 0.717) is 34.4 Å². The van der Waals surface area contributed by atoms with Gasteiger partial charge in [0, 0.05) is 23.5 Å². The lowest BCUT2D eigenvalue weighted by Gasteiger charge is -2.13. The fourth-order valence-electron chi connectivity index (χ4n) is 3.45. The fraction of sp³-hybridized carbons (Fsp3) is 0.200. The molecule has 0 unspecified atom stereocenters. The van der Waals surface area contributed by atoms with Crippen molar-refractivity contribution >= 4 is 38.5 Å². The molecule has 180 valence electrons. The number of hydrogen-bond acceptors (Lipinski definition) is 6. The number of aromatic nitrogens is 3. The number of hydrogen-bond donors (Lipinski definition) is 1. The van der Waals surface area contributed by atoms with Gasteiger partial charge in [-0.05, 0) is 48.9 Å². The van der Waals surface area contributed by atoms with Crippen molar-refractivity contribution in [3.8, 4) is 29.5 Å². The highest BCUT2D eigenvalue weighted by molar-refractivity contribution is 7.91. The highest BCUT2D eigenvalue weighted by atomic mass is 35.5. The summed E-state index contributed by atoms with van der Waals surface area (Å²) in [5, 5.41) is 1.34. The maximum Gasteiger partial charge on any atom is 0.236 e. The third kappa shape index (κ3) is 5.67. The van der Waals surface area contributed by atoms with E-state index >= 15 is 0 Å². The molecule has 4 aromatic rings. The van der Waals surface area contributed by atoms with Crippen LogP contribution >= 0.6 is 11.6 Å². The van der Waals surface area contributed by atoms with E-state index in [4.69, 9.17) is 27.5 Å². The van der Waals surface area contributed by atoms with Crippen LogP contribution in [0.2, 0.25) is 5.02 Å². The molecule has 0 aliphatic carbocycles. The molecule has 35 heavy (non-hydrogen) atoms. The van der Waals surface area contributed by atoms with Crippen LogP contribution in [0.5, 0.6) is 11.5 Å². The molecule has 0 atom stereocenters. The lowest BCUT2D eigenvalue weighted by molar-refractivity contribution is 0.301. The number of halogens is 1.